The lowest BCUT2D eigenvalue weighted by Gasteiger charge is -2.15. The first-order valence-electron chi connectivity index (χ1n) is 4.71. The Hall–Kier alpha value is -1.55. The average molecular weight is 210 g/mol. The summed E-state index contributed by atoms with van der Waals surface area (Å²) in [7, 11) is 0. The van der Waals surface area contributed by atoms with Gasteiger partial charge in [0, 0.05) is 0 Å². The van der Waals surface area contributed by atoms with Gasteiger partial charge < -0.3 is 14.3 Å². The smallest absolute Gasteiger partial charge is 0.315 e. The van der Waals surface area contributed by atoms with E-state index >= 15 is 0 Å². The quantitative estimate of drug-likeness (QED) is 0.593. The molecule has 1 N–H and O–H groups in total. The number of furan rings is 1. The topological polar surface area (TPSA) is 59.7 Å². The molecule has 0 aromatic carbocycles. The average Bonchev–Trinajstić information content (AvgIpc) is 2.71. The summed E-state index contributed by atoms with van der Waals surface area (Å²) in [5.74, 6) is -0.972. The highest BCUT2D eigenvalue weighted by atomic mass is 16.5. The molecule has 0 aliphatic heterocycles. The molecule has 0 unspecified atom stereocenters. The molecule has 0 spiro atoms. The summed E-state index contributed by atoms with van der Waals surface area (Å²) in [6.45, 7) is 5.47. The molecule has 1 aromatic heterocycles. The summed E-state index contributed by atoms with van der Waals surface area (Å²) in [6.07, 6.45) is 1.74. The summed E-state index contributed by atoms with van der Waals surface area (Å²) in [5.41, 5.74) is 0. The van der Waals surface area contributed by atoms with Crippen LogP contribution in [0, 0.1) is 5.92 Å². The first kappa shape index (κ1) is 11.5. The Morgan fingerprint density at radius 3 is 3.00 bits per heavy atom. The highest BCUT2D eigenvalue weighted by molar-refractivity contribution is 5.75. The van der Waals surface area contributed by atoms with Crippen LogP contribution in [0.1, 0.15) is 18.8 Å². The maximum Gasteiger partial charge on any atom is 0.315 e. The zero-order chi connectivity index (χ0) is 11.3. The van der Waals surface area contributed by atoms with Gasteiger partial charge in [0.1, 0.15) is 17.8 Å². The summed E-state index contributed by atoms with van der Waals surface area (Å²) in [5, 5.41) is 9.80. The Morgan fingerprint density at radius 2 is 2.53 bits per heavy atom. The van der Waals surface area contributed by atoms with E-state index in [2.05, 4.69) is 6.58 Å². The first-order chi connectivity index (χ1) is 7.20. The van der Waals surface area contributed by atoms with Crippen LogP contribution in [0.3, 0.4) is 0 Å². The minimum atomic E-state index is -1.04. The van der Waals surface area contributed by atoms with Crippen LogP contribution in [0.15, 0.2) is 35.5 Å². The van der Waals surface area contributed by atoms with Crippen molar-refractivity contribution in [1.82, 2.24) is 0 Å². The highest BCUT2D eigenvalue weighted by Crippen LogP contribution is 2.24. The molecule has 1 rings (SSSR count). The van der Waals surface area contributed by atoms with E-state index in [4.69, 9.17) is 9.15 Å². The van der Waals surface area contributed by atoms with E-state index in [1.54, 1.807) is 19.1 Å². The van der Waals surface area contributed by atoms with Gasteiger partial charge in [-0.25, -0.2) is 0 Å². The Labute approximate surface area is 88.2 Å². The van der Waals surface area contributed by atoms with Crippen molar-refractivity contribution in [2.75, 3.05) is 6.61 Å². The van der Waals surface area contributed by atoms with Gasteiger partial charge in [-0.15, -0.1) is 6.58 Å². The number of aliphatic hydroxyl groups is 1. The largest absolute Gasteiger partial charge is 0.467 e. The Kier molecular flexibility index (Phi) is 4.12. The van der Waals surface area contributed by atoms with E-state index in [-0.39, 0.29) is 6.61 Å². The summed E-state index contributed by atoms with van der Waals surface area (Å²) < 4.78 is 9.80. The molecule has 0 saturated carbocycles. The van der Waals surface area contributed by atoms with Crippen molar-refractivity contribution in [2.45, 2.75) is 13.0 Å². The number of carbonyl (C=O) groups excluding carboxylic acids is 1. The molecular weight excluding hydrogens is 196 g/mol. The van der Waals surface area contributed by atoms with Gasteiger partial charge in [-0.1, -0.05) is 6.08 Å². The van der Waals surface area contributed by atoms with Crippen molar-refractivity contribution in [3.63, 3.8) is 0 Å². The van der Waals surface area contributed by atoms with Crippen LogP contribution in [-0.4, -0.2) is 17.7 Å². The SMILES string of the molecule is C=C[C@@H](C(=O)OCC)[C@@H](O)c1ccco1. The molecule has 0 aliphatic carbocycles. The van der Waals surface area contributed by atoms with E-state index < -0.39 is 18.0 Å². The molecule has 1 heterocycles. The molecule has 0 saturated heterocycles. The number of carbonyl (C=O) groups is 1. The normalized spacial score (nSPS) is 14.3. The van der Waals surface area contributed by atoms with Crippen molar-refractivity contribution in [3.8, 4) is 0 Å². The van der Waals surface area contributed by atoms with Crippen LogP contribution in [-0.2, 0) is 9.53 Å². The molecule has 0 aliphatic rings. The molecule has 82 valence electrons. The fraction of sp³-hybridized carbons (Fsp3) is 0.364. The zero-order valence-electron chi connectivity index (χ0n) is 8.55. The molecule has 2 atom stereocenters. The molecular formula is C11H14O4. The maximum atomic E-state index is 11.4. The third kappa shape index (κ3) is 2.70. The molecule has 1 aromatic rings. The Balaban J connectivity index is 2.74. The van der Waals surface area contributed by atoms with Crippen LogP contribution in [0.5, 0.6) is 0 Å². The van der Waals surface area contributed by atoms with Crippen molar-refractivity contribution >= 4 is 5.97 Å². The highest BCUT2D eigenvalue weighted by Gasteiger charge is 2.28. The summed E-state index contributed by atoms with van der Waals surface area (Å²) in [6, 6.07) is 3.24. The first-order valence-corrected chi connectivity index (χ1v) is 4.71. The molecule has 0 amide bonds. The predicted molar refractivity (Wildman–Crippen MR) is 54.0 cm³/mol. The van der Waals surface area contributed by atoms with E-state index in [0.717, 1.165) is 0 Å². The Morgan fingerprint density at radius 1 is 1.80 bits per heavy atom. The minimum absolute atomic E-state index is 0.272. The van der Waals surface area contributed by atoms with E-state index in [1.165, 1.54) is 12.3 Å². The second kappa shape index (κ2) is 5.36. The van der Waals surface area contributed by atoms with Crippen LogP contribution < -0.4 is 0 Å². The predicted octanol–water partition coefficient (Wildman–Crippen LogP) is 1.68. The Bertz CT molecular complexity index is 315. The van der Waals surface area contributed by atoms with E-state index in [0.29, 0.717) is 5.76 Å². The van der Waals surface area contributed by atoms with Gasteiger partial charge in [0.15, 0.2) is 0 Å². The molecule has 4 heteroatoms. The van der Waals surface area contributed by atoms with Crippen molar-refractivity contribution in [1.29, 1.82) is 0 Å². The summed E-state index contributed by atoms with van der Waals surface area (Å²) in [4.78, 5) is 11.4. The molecule has 4 nitrogen and oxygen atoms in total. The molecule has 0 bridgehead atoms. The van der Waals surface area contributed by atoms with Crippen molar-refractivity contribution in [3.05, 3.63) is 36.8 Å². The lowest BCUT2D eigenvalue weighted by atomic mass is 10.0. The number of ether oxygens (including phenoxy) is 1. The number of esters is 1. The van der Waals surface area contributed by atoms with Crippen molar-refractivity contribution in [2.24, 2.45) is 5.92 Å². The van der Waals surface area contributed by atoms with E-state index in [1.807, 2.05) is 0 Å². The van der Waals surface area contributed by atoms with Crippen LogP contribution in [0.4, 0.5) is 0 Å². The monoisotopic (exact) mass is 210 g/mol. The fourth-order valence-electron chi connectivity index (χ4n) is 1.23. The van der Waals surface area contributed by atoms with Crippen molar-refractivity contribution < 1.29 is 19.1 Å². The number of aliphatic hydroxyl groups excluding tert-OH is 1. The van der Waals surface area contributed by atoms with Gasteiger partial charge in [-0.05, 0) is 19.1 Å². The molecule has 0 fully saturated rings. The van der Waals surface area contributed by atoms with Crippen LogP contribution in [0.2, 0.25) is 0 Å². The third-order valence-corrected chi connectivity index (χ3v) is 1.99. The lowest BCUT2D eigenvalue weighted by molar-refractivity contribution is -0.150. The van der Waals surface area contributed by atoms with Gasteiger partial charge in [-0.2, -0.15) is 0 Å². The van der Waals surface area contributed by atoms with Gasteiger partial charge in [-0.3, -0.25) is 4.79 Å². The fourth-order valence-corrected chi connectivity index (χ4v) is 1.23. The third-order valence-electron chi connectivity index (χ3n) is 1.99. The standard InChI is InChI=1S/C11H14O4/c1-3-8(11(13)14-4-2)10(12)9-6-5-7-15-9/h3,5-8,10,12H,1,4H2,2H3/t8-,10-/m1/s1. The molecule has 15 heavy (non-hydrogen) atoms. The lowest BCUT2D eigenvalue weighted by Crippen LogP contribution is -2.22. The minimum Gasteiger partial charge on any atom is -0.467 e. The van der Waals surface area contributed by atoms with Gasteiger partial charge in [0.25, 0.3) is 0 Å². The second-order valence-corrected chi connectivity index (χ2v) is 2.97. The summed E-state index contributed by atoms with van der Waals surface area (Å²) >= 11 is 0. The molecule has 0 radical (unpaired) electrons. The number of hydrogen-bond acceptors (Lipinski definition) is 4. The second-order valence-electron chi connectivity index (χ2n) is 2.97. The van der Waals surface area contributed by atoms with Gasteiger partial charge in [0.05, 0.1) is 12.9 Å². The zero-order valence-corrected chi connectivity index (χ0v) is 8.55. The van der Waals surface area contributed by atoms with Gasteiger partial charge in [0.2, 0.25) is 0 Å². The number of rotatable bonds is 5. The maximum absolute atomic E-state index is 11.4. The van der Waals surface area contributed by atoms with Crippen LogP contribution >= 0.6 is 0 Å². The van der Waals surface area contributed by atoms with Crippen LogP contribution in [0.25, 0.3) is 0 Å². The number of hydrogen-bond donors (Lipinski definition) is 1. The van der Waals surface area contributed by atoms with E-state index in [9.17, 15) is 9.90 Å². The van der Waals surface area contributed by atoms with Gasteiger partial charge >= 0.3 is 5.97 Å².